The van der Waals surface area contributed by atoms with E-state index in [2.05, 4.69) is 5.32 Å². The summed E-state index contributed by atoms with van der Waals surface area (Å²) in [6.07, 6.45) is 3.55. The molecule has 0 aromatic heterocycles. The number of halogens is 2. The fourth-order valence-corrected chi connectivity index (χ4v) is 7.75. The molecule has 0 saturated heterocycles. The van der Waals surface area contributed by atoms with E-state index in [-0.39, 0.29) is 11.8 Å². The number of aliphatic imine (C=N–C) groups is 2. The molecule has 3 aliphatic rings. The molecule has 10 heteroatoms. The number of hydrogen-bond acceptors (Lipinski definition) is 6. The first-order valence-corrected chi connectivity index (χ1v) is 18.6. The minimum atomic E-state index is -0.233. The van der Waals surface area contributed by atoms with Gasteiger partial charge < -0.3 is 5.32 Å². The number of anilines is 4. The van der Waals surface area contributed by atoms with E-state index in [0.717, 1.165) is 43.4 Å². The third-order valence-corrected chi connectivity index (χ3v) is 10.7. The highest BCUT2D eigenvalue weighted by atomic mass is 35.5. The van der Waals surface area contributed by atoms with E-state index in [1.54, 1.807) is 58.0 Å². The first kappa shape index (κ1) is 33.6. The van der Waals surface area contributed by atoms with Crippen molar-refractivity contribution in [1.29, 1.82) is 0 Å². The molecule has 0 atom stereocenters. The van der Waals surface area contributed by atoms with Crippen molar-refractivity contribution in [2.45, 2.75) is 9.79 Å². The summed E-state index contributed by atoms with van der Waals surface area (Å²) in [6, 6.07) is 45.7. The van der Waals surface area contributed by atoms with E-state index >= 15 is 0 Å². The van der Waals surface area contributed by atoms with Gasteiger partial charge in [0, 0.05) is 31.0 Å². The van der Waals surface area contributed by atoms with Crippen LogP contribution in [0, 0.1) is 0 Å². The van der Waals surface area contributed by atoms with Crippen molar-refractivity contribution in [3.63, 3.8) is 0 Å². The maximum Gasteiger partial charge on any atom is 0.282 e. The molecule has 6 aromatic carbocycles. The molecule has 260 valence electrons. The van der Waals surface area contributed by atoms with Gasteiger partial charge in [0.1, 0.15) is 23.1 Å². The molecule has 0 saturated carbocycles. The highest BCUT2D eigenvalue weighted by molar-refractivity contribution is 7.99. The second-order valence-corrected chi connectivity index (χ2v) is 14.6. The summed E-state index contributed by atoms with van der Waals surface area (Å²) in [5.41, 5.74) is 7.10. The second-order valence-electron chi connectivity index (χ2n) is 12.6. The number of fused-ring (bicyclic) bond motifs is 2. The van der Waals surface area contributed by atoms with Crippen molar-refractivity contribution in [3.8, 4) is 0 Å². The van der Waals surface area contributed by atoms with Crippen LogP contribution in [0.3, 0.4) is 0 Å². The summed E-state index contributed by atoms with van der Waals surface area (Å²) >= 11 is 13.8. The van der Waals surface area contributed by atoms with Gasteiger partial charge in [0.2, 0.25) is 0 Å². The Morgan fingerprint density at radius 1 is 0.519 bits per heavy atom. The lowest BCUT2D eigenvalue weighted by molar-refractivity contribution is -0.114. The van der Waals surface area contributed by atoms with Crippen LogP contribution in [-0.2, 0) is 9.59 Å². The maximum absolute atomic E-state index is 14.1. The van der Waals surface area contributed by atoms with Crippen LogP contribution in [0.5, 0.6) is 0 Å². The molecule has 54 heavy (non-hydrogen) atoms. The molecule has 0 radical (unpaired) electrons. The number of nitrogens with one attached hydrogen (secondary N) is 1. The van der Waals surface area contributed by atoms with Crippen LogP contribution in [0.4, 0.5) is 22.7 Å². The Morgan fingerprint density at radius 2 is 0.926 bits per heavy atom. The Balaban J connectivity index is 1.05. The zero-order chi connectivity index (χ0) is 36.8. The van der Waals surface area contributed by atoms with Crippen LogP contribution in [0.25, 0.3) is 12.2 Å². The third-order valence-electron chi connectivity index (χ3n) is 9.07. The minimum absolute atomic E-state index is 0.233. The van der Waals surface area contributed by atoms with E-state index in [1.807, 2.05) is 121 Å². The molecule has 0 unspecified atom stereocenters. The zero-order valence-electron chi connectivity index (χ0n) is 28.3. The van der Waals surface area contributed by atoms with Gasteiger partial charge in [0.15, 0.2) is 0 Å². The van der Waals surface area contributed by atoms with Gasteiger partial charge in [-0.2, -0.15) is 0 Å². The Morgan fingerprint density at radius 3 is 1.33 bits per heavy atom. The average Bonchev–Trinajstić information content (AvgIpc) is 3.71. The second kappa shape index (κ2) is 14.0. The van der Waals surface area contributed by atoms with Crippen LogP contribution < -0.4 is 15.1 Å². The van der Waals surface area contributed by atoms with Gasteiger partial charge in [-0.15, -0.1) is 0 Å². The molecule has 3 aliphatic heterocycles. The number of amidine groups is 2. The van der Waals surface area contributed by atoms with Crippen LogP contribution in [0.15, 0.2) is 177 Å². The van der Waals surface area contributed by atoms with Crippen molar-refractivity contribution in [2.75, 3.05) is 15.1 Å². The van der Waals surface area contributed by atoms with E-state index < -0.39 is 0 Å². The summed E-state index contributed by atoms with van der Waals surface area (Å²) in [5.74, 6) is 0.616. The molecule has 2 amide bonds. The van der Waals surface area contributed by atoms with Crippen molar-refractivity contribution in [2.24, 2.45) is 9.98 Å². The average molecular weight is 761 g/mol. The van der Waals surface area contributed by atoms with E-state index in [1.165, 1.54) is 0 Å². The zero-order valence-corrected chi connectivity index (χ0v) is 30.6. The Kier molecular flexibility index (Phi) is 8.71. The van der Waals surface area contributed by atoms with Crippen LogP contribution in [-0.4, -0.2) is 23.5 Å². The van der Waals surface area contributed by atoms with Crippen molar-refractivity contribution in [3.05, 3.63) is 189 Å². The molecule has 3 heterocycles. The fraction of sp³-hybridized carbons (Fsp3) is 0. The number of benzene rings is 6. The number of rotatable bonds is 6. The summed E-state index contributed by atoms with van der Waals surface area (Å²) in [5, 5.41) is 4.78. The highest BCUT2D eigenvalue weighted by Crippen LogP contribution is 2.47. The van der Waals surface area contributed by atoms with Gasteiger partial charge in [-0.1, -0.05) is 120 Å². The largest absolute Gasteiger partial charge is 0.354 e. The first-order valence-electron chi connectivity index (χ1n) is 17.0. The standard InChI is InChI=1S/C44H27Cl2N5O2S/c45-31-15-11-27(12-16-31)23-37-43(52)50(41(48-37)29-7-3-1-4-8-29)33-19-21-35-39(25-33)54-40-26-34(20-22-36(40)47-35)51-42(30-9-5-2-6-10-30)49-38(44(51)53)24-28-13-17-32(46)18-14-28/h1-26,47H. The predicted octanol–water partition coefficient (Wildman–Crippen LogP) is 10.9. The fourth-order valence-electron chi connectivity index (χ4n) is 6.45. The van der Waals surface area contributed by atoms with E-state index in [0.29, 0.717) is 44.5 Å². The molecular formula is C44H27Cl2N5O2S. The SMILES string of the molecule is O=C1C(=Cc2ccc(Cl)cc2)N=C(c2ccccc2)N1c1ccc2c(c1)Sc1cc(N3C(=O)C(=Cc4ccc(Cl)cc4)N=C3c3ccccc3)ccc1N2. The first-order chi connectivity index (χ1) is 26.4. The minimum Gasteiger partial charge on any atom is -0.354 e. The van der Waals surface area contributed by atoms with Crippen LogP contribution in [0.2, 0.25) is 10.0 Å². The smallest absolute Gasteiger partial charge is 0.282 e. The third kappa shape index (κ3) is 6.41. The monoisotopic (exact) mass is 759 g/mol. The molecule has 0 fully saturated rings. The summed E-state index contributed by atoms with van der Waals surface area (Å²) in [4.78, 5) is 43.0. The molecule has 9 rings (SSSR count). The highest BCUT2D eigenvalue weighted by Gasteiger charge is 2.35. The molecule has 0 bridgehead atoms. The molecule has 1 N–H and O–H groups in total. The van der Waals surface area contributed by atoms with Gasteiger partial charge in [-0.05, 0) is 83.9 Å². The Hall–Kier alpha value is -6.19. The van der Waals surface area contributed by atoms with Gasteiger partial charge in [-0.3, -0.25) is 19.4 Å². The normalized spacial score (nSPS) is 16.3. The van der Waals surface area contributed by atoms with Gasteiger partial charge in [-0.25, -0.2) is 9.98 Å². The van der Waals surface area contributed by atoms with E-state index in [4.69, 9.17) is 33.2 Å². The number of amides is 2. The lowest BCUT2D eigenvalue weighted by Gasteiger charge is -2.26. The summed E-state index contributed by atoms with van der Waals surface area (Å²) in [6.45, 7) is 0. The van der Waals surface area contributed by atoms with Crippen molar-refractivity contribution >= 4 is 93.4 Å². The van der Waals surface area contributed by atoms with Gasteiger partial charge in [0.25, 0.3) is 11.8 Å². The number of carbonyl (C=O) groups excluding carboxylic acids is 2. The molecule has 7 nitrogen and oxygen atoms in total. The summed E-state index contributed by atoms with van der Waals surface area (Å²) < 4.78 is 0. The number of nitrogens with zero attached hydrogens (tertiary/aromatic N) is 4. The molecular weight excluding hydrogens is 733 g/mol. The number of hydrogen-bond donors (Lipinski definition) is 1. The predicted molar refractivity (Wildman–Crippen MR) is 220 cm³/mol. The lowest BCUT2D eigenvalue weighted by Crippen LogP contribution is -2.32. The lowest BCUT2D eigenvalue weighted by atomic mass is 10.1. The Bertz CT molecular complexity index is 2420. The van der Waals surface area contributed by atoms with Gasteiger partial charge in [0.05, 0.1) is 22.7 Å². The maximum atomic E-state index is 14.1. The Labute approximate surface area is 325 Å². The quantitative estimate of drug-likeness (QED) is 0.171. The molecule has 0 aliphatic carbocycles. The van der Waals surface area contributed by atoms with Crippen LogP contribution >= 0.6 is 35.0 Å². The van der Waals surface area contributed by atoms with E-state index in [9.17, 15) is 9.59 Å². The number of carbonyl (C=O) groups is 2. The molecule has 6 aromatic rings. The van der Waals surface area contributed by atoms with Crippen LogP contribution in [0.1, 0.15) is 22.3 Å². The van der Waals surface area contributed by atoms with Crippen molar-refractivity contribution < 1.29 is 9.59 Å². The topological polar surface area (TPSA) is 77.4 Å². The van der Waals surface area contributed by atoms with Gasteiger partial charge >= 0.3 is 0 Å². The molecule has 0 spiro atoms. The summed E-state index contributed by atoms with van der Waals surface area (Å²) in [7, 11) is 0. The van der Waals surface area contributed by atoms with Crippen molar-refractivity contribution in [1.82, 2.24) is 0 Å².